The Morgan fingerprint density at radius 1 is 0.913 bits per heavy atom. The fraction of sp³-hybridized carbons (Fsp3) is 0.367. The van der Waals surface area contributed by atoms with E-state index in [9.17, 15) is 33.2 Å². The van der Waals surface area contributed by atoms with Crippen molar-refractivity contribution in [1.82, 2.24) is 45.1 Å². The third kappa shape index (κ3) is 9.89. The summed E-state index contributed by atoms with van der Waals surface area (Å²) in [5.41, 5.74) is 4.28. The first kappa shape index (κ1) is 46.5. The number of fused-ring (bicyclic) bond motifs is 1. The van der Waals surface area contributed by atoms with Gasteiger partial charge in [0.2, 0.25) is 23.7 Å². The number of hydrogen-bond donors (Lipinski definition) is 4. The molecule has 19 nitrogen and oxygen atoms in total. The minimum absolute atomic E-state index is 0.0115. The van der Waals surface area contributed by atoms with Gasteiger partial charge in [0.05, 0.1) is 29.5 Å². The molecule has 9 rings (SSSR count). The van der Waals surface area contributed by atoms with Gasteiger partial charge in [0.15, 0.2) is 0 Å². The number of methoxy groups -OCH3 is 1. The van der Waals surface area contributed by atoms with E-state index in [2.05, 4.69) is 26.2 Å². The summed E-state index contributed by atoms with van der Waals surface area (Å²) in [6, 6.07) is 19.1. The first-order chi connectivity index (χ1) is 33.5. The van der Waals surface area contributed by atoms with Crippen LogP contribution in [0.25, 0.3) is 16.9 Å². The predicted octanol–water partition coefficient (Wildman–Crippen LogP) is 3.95. The molecule has 3 saturated heterocycles. The molecular formula is C49H53FN12O7. The summed E-state index contributed by atoms with van der Waals surface area (Å²) in [6.07, 6.45) is 4.25. The summed E-state index contributed by atoms with van der Waals surface area (Å²) < 4.78 is 21.3. The average molecular weight is 941 g/mol. The van der Waals surface area contributed by atoms with Crippen molar-refractivity contribution in [3.63, 3.8) is 0 Å². The number of amides is 7. The van der Waals surface area contributed by atoms with E-state index >= 15 is 0 Å². The zero-order chi connectivity index (χ0) is 48.2. The lowest BCUT2D eigenvalue weighted by Gasteiger charge is -2.34. The second-order valence-electron chi connectivity index (χ2n) is 17.5. The molecule has 0 bridgehead atoms. The Morgan fingerprint density at radius 3 is 2.42 bits per heavy atom. The molecule has 3 atom stereocenters. The van der Waals surface area contributed by atoms with E-state index in [1.54, 1.807) is 53.4 Å². The number of imide groups is 2. The lowest BCUT2D eigenvalue weighted by Crippen LogP contribution is -2.54. The van der Waals surface area contributed by atoms with E-state index in [0.717, 1.165) is 16.2 Å². The van der Waals surface area contributed by atoms with Gasteiger partial charge >= 0.3 is 6.03 Å². The van der Waals surface area contributed by atoms with Gasteiger partial charge in [-0.15, -0.1) is 0 Å². The molecule has 5 aromatic rings. The first-order valence-corrected chi connectivity index (χ1v) is 23.1. The summed E-state index contributed by atoms with van der Waals surface area (Å²) in [5, 5.41) is 16.6. The van der Waals surface area contributed by atoms with Crippen molar-refractivity contribution in [3.8, 4) is 16.9 Å². The van der Waals surface area contributed by atoms with Crippen LogP contribution < -0.4 is 26.2 Å². The highest BCUT2D eigenvalue weighted by atomic mass is 19.1. The number of nitrogens with one attached hydrogen (secondary N) is 4. The third-order valence-electron chi connectivity index (χ3n) is 13.1. The number of piperidine rings is 1. The number of hydrogen-bond acceptors (Lipinski definition) is 13. The van der Waals surface area contributed by atoms with Crippen molar-refractivity contribution < 1.29 is 37.9 Å². The molecule has 3 fully saturated rings. The SMILES string of the molecule is COCCN1C[C@@H](NC(=O)Nc2c(C)c(-c3cnc(N4CCN(C(=O)CCCNc5cccc6c5C(=O)N(C5CCC(=O)NC5=O)C6=O)CC4)nc3)nn2-c2ccccc2)[C@H](c2cccc(F)c2)C1. The minimum Gasteiger partial charge on any atom is -0.384 e. The molecule has 0 saturated carbocycles. The average Bonchev–Trinajstić information content (AvgIpc) is 4.00. The van der Waals surface area contributed by atoms with E-state index in [1.807, 2.05) is 48.2 Å². The number of nitrogens with zero attached hydrogens (tertiary/aromatic N) is 8. The summed E-state index contributed by atoms with van der Waals surface area (Å²) in [6.45, 7) is 6.66. The molecule has 3 aromatic carbocycles. The lowest BCUT2D eigenvalue weighted by atomic mass is 9.94. The fourth-order valence-electron chi connectivity index (χ4n) is 9.54. The van der Waals surface area contributed by atoms with Crippen molar-refractivity contribution in [2.45, 2.75) is 50.6 Å². The van der Waals surface area contributed by atoms with Crippen LogP contribution in [-0.4, -0.2) is 148 Å². The monoisotopic (exact) mass is 940 g/mol. The van der Waals surface area contributed by atoms with Crippen LogP contribution in [0.1, 0.15) is 63.4 Å². The maximum Gasteiger partial charge on any atom is 0.320 e. The Morgan fingerprint density at radius 2 is 1.68 bits per heavy atom. The minimum atomic E-state index is -1.06. The predicted molar refractivity (Wildman–Crippen MR) is 252 cm³/mol. The van der Waals surface area contributed by atoms with Gasteiger partial charge in [-0.2, -0.15) is 5.10 Å². The molecule has 2 aromatic heterocycles. The van der Waals surface area contributed by atoms with Gasteiger partial charge in [-0.25, -0.2) is 23.8 Å². The number of likely N-dealkylation sites (tertiary alicyclic amines) is 1. The zero-order valence-electron chi connectivity index (χ0n) is 38.3. The normalized spacial score (nSPS) is 19.5. The van der Waals surface area contributed by atoms with Crippen molar-refractivity contribution in [1.29, 1.82) is 0 Å². The first-order valence-electron chi connectivity index (χ1n) is 23.1. The molecule has 0 spiro atoms. The van der Waals surface area contributed by atoms with Gasteiger partial charge in [-0.1, -0.05) is 36.4 Å². The largest absolute Gasteiger partial charge is 0.384 e. The van der Waals surface area contributed by atoms with Crippen LogP contribution in [0.3, 0.4) is 0 Å². The molecule has 0 radical (unpaired) electrons. The second-order valence-corrected chi connectivity index (χ2v) is 17.5. The van der Waals surface area contributed by atoms with E-state index in [1.165, 1.54) is 12.1 Å². The van der Waals surface area contributed by atoms with Gasteiger partial charge in [-0.05, 0) is 61.7 Å². The highest BCUT2D eigenvalue weighted by Gasteiger charge is 2.45. The number of piperazine rings is 1. The zero-order valence-corrected chi connectivity index (χ0v) is 38.3. The summed E-state index contributed by atoms with van der Waals surface area (Å²) in [7, 11) is 1.65. The molecule has 358 valence electrons. The molecule has 1 unspecified atom stereocenters. The van der Waals surface area contributed by atoms with Crippen LogP contribution in [0.4, 0.5) is 26.6 Å². The van der Waals surface area contributed by atoms with Crippen molar-refractivity contribution in [2.24, 2.45) is 0 Å². The number of para-hydroxylation sites is 1. The maximum absolute atomic E-state index is 14.3. The van der Waals surface area contributed by atoms with Crippen molar-refractivity contribution in [3.05, 3.63) is 113 Å². The Kier molecular flexibility index (Phi) is 13.7. The number of benzene rings is 3. The summed E-state index contributed by atoms with van der Waals surface area (Å²) in [5.74, 6) is -1.77. The van der Waals surface area contributed by atoms with Crippen molar-refractivity contribution >= 4 is 53.0 Å². The Balaban J connectivity index is 0.797. The highest BCUT2D eigenvalue weighted by molar-refractivity contribution is 6.25. The summed E-state index contributed by atoms with van der Waals surface area (Å²) >= 11 is 0. The molecule has 7 amide bonds. The molecule has 20 heteroatoms. The number of urea groups is 1. The second kappa shape index (κ2) is 20.3. The van der Waals surface area contributed by atoms with E-state index < -0.39 is 35.7 Å². The van der Waals surface area contributed by atoms with E-state index in [4.69, 9.17) is 19.8 Å². The van der Waals surface area contributed by atoms with Crippen LogP contribution in [0.15, 0.2) is 85.2 Å². The molecule has 4 N–H and O–H groups in total. The third-order valence-corrected chi connectivity index (χ3v) is 13.1. The molecule has 0 aliphatic carbocycles. The van der Waals surface area contributed by atoms with E-state index in [-0.39, 0.29) is 54.1 Å². The molecule has 69 heavy (non-hydrogen) atoms. The van der Waals surface area contributed by atoms with Crippen LogP contribution in [0.5, 0.6) is 0 Å². The van der Waals surface area contributed by atoms with Crippen LogP contribution in [0, 0.1) is 12.7 Å². The molecule has 4 aliphatic heterocycles. The number of carbonyl (C=O) groups is 6. The van der Waals surface area contributed by atoms with Gasteiger partial charge < -0.3 is 25.2 Å². The van der Waals surface area contributed by atoms with Crippen LogP contribution >= 0.6 is 0 Å². The number of halogens is 1. The Hall–Kier alpha value is -7.58. The van der Waals surface area contributed by atoms with Gasteiger partial charge in [0.1, 0.15) is 23.4 Å². The van der Waals surface area contributed by atoms with Crippen LogP contribution in [0.2, 0.25) is 0 Å². The number of aromatic nitrogens is 4. The molecular weight excluding hydrogens is 888 g/mol. The maximum atomic E-state index is 14.3. The van der Waals surface area contributed by atoms with Gasteiger partial charge in [-0.3, -0.25) is 44.4 Å². The topological polar surface area (TPSA) is 216 Å². The standard InChI is InChI=1S/C49H53FN12O7/c1-30-43(57-62(34-11-4-3-5-12-34)44(30)56-49(68)54-38-29-58(23-24-69-2)28-36(38)31-9-6-10-33(50)25-31)32-26-52-48(53-27-32)60-21-19-59(20-22-60)41(64)15-8-18-51-37-14-7-13-35-42(37)47(67)61(46(35)66)39-16-17-40(63)55-45(39)65/h3-7,9-14,25-27,36,38-39,51H,8,15-24,28-29H2,1-2H3,(H2,54,56,68)(H,55,63,65)/t36-,38+,39?/m0/s1. The Bertz CT molecular complexity index is 2760. The van der Waals surface area contributed by atoms with E-state index in [0.29, 0.717) is 99.7 Å². The summed E-state index contributed by atoms with van der Waals surface area (Å²) in [4.78, 5) is 94.3. The fourth-order valence-corrected chi connectivity index (χ4v) is 9.54. The molecule has 6 heterocycles. The van der Waals surface area contributed by atoms with Gasteiger partial charge in [0.25, 0.3) is 11.8 Å². The number of ether oxygens (including phenoxy) is 1. The number of anilines is 3. The highest BCUT2D eigenvalue weighted by Crippen LogP contribution is 2.34. The van der Waals surface area contributed by atoms with Crippen LogP contribution in [-0.2, 0) is 19.1 Å². The quantitative estimate of drug-likeness (QED) is 0.0866. The van der Waals surface area contributed by atoms with Gasteiger partial charge in [0, 0.05) is 107 Å². The number of carbonyl (C=O) groups excluding carboxylic acids is 6. The molecule has 4 aliphatic rings. The Labute approximate surface area is 397 Å². The smallest absolute Gasteiger partial charge is 0.320 e. The number of rotatable bonds is 15. The van der Waals surface area contributed by atoms with Crippen molar-refractivity contribution in [2.75, 3.05) is 81.6 Å². The lowest BCUT2D eigenvalue weighted by molar-refractivity contribution is -0.136.